The predicted molar refractivity (Wildman–Crippen MR) is 87.7 cm³/mol. The minimum absolute atomic E-state index is 0.440. The molecule has 0 radical (unpaired) electrons. The fourth-order valence-corrected chi connectivity index (χ4v) is 5.30. The molecule has 124 valence electrons. The molecule has 0 spiro atoms. The van der Waals surface area contributed by atoms with Crippen molar-refractivity contribution in [3.05, 3.63) is 0 Å². The number of amides is 1. The second-order valence-corrected chi connectivity index (χ2v) is 8.06. The molecule has 4 heteroatoms. The van der Waals surface area contributed by atoms with Crippen LogP contribution in [0.25, 0.3) is 0 Å². The summed E-state index contributed by atoms with van der Waals surface area (Å²) in [7, 11) is 0. The van der Waals surface area contributed by atoms with Crippen LogP contribution >= 0.6 is 0 Å². The third-order valence-corrected chi connectivity index (χ3v) is 6.44. The average molecular weight is 305 g/mol. The van der Waals surface area contributed by atoms with Crippen LogP contribution in [0.15, 0.2) is 0 Å². The number of likely N-dealkylation sites (tertiary alicyclic amines) is 2. The standard InChI is InChI=1S/C18H31N3O/c22-18(12-14-10-15-5-6-16(11-14)19-15)21-9-3-4-17(13-21)20-7-1-2-8-20/h14-17,19H,1-13H2. The third-order valence-electron chi connectivity index (χ3n) is 6.44. The Hall–Kier alpha value is -0.610. The van der Waals surface area contributed by atoms with Gasteiger partial charge in [0.1, 0.15) is 0 Å². The van der Waals surface area contributed by atoms with Gasteiger partial charge in [0.2, 0.25) is 5.91 Å². The molecule has 4 fully saturated rings. The van der Waals surface area contributed by atoms with Gasteiger partial charge in [-0.05, 0) is 70.4 Å². The summed E-state index contributed by atoms with van der Waals surface area (Å²) in [6, 6.07) is 2.05. The molecule has 4 aliphatic heterocycles. The quantitative estimate of drug-likeness (QED) is 0.866. The van der Waals surface area contributed by atoms with Gasteiger partial charge >= 0.3 is 0 Å². The molecule has 0 aliphatic carbocycles. The van der Waals surface area contributed by atoms with E-state index >= 15 is 0 Å². The Morgan fingerprint density at radius 2 is 1.68 bits per heavy atom. The zero-order valence-corrected chi connectivity index (χ0v) is 13.8. The first-order valence-corrected chi connectivity index (χ1v) is 9.56. The van der Waals surface area contributed by atoms with Crippen molar-refractivity contribution in [1.29, 1.82) is 0 Å². The van der Waals surface area contributed by atoms with Crippen molar-refractivity contribution < 1.29 is 4.79 Å². The van der Waals surface area contributed by atoms with E-state index in [1.807, 2.05) is 0 Å². The summed E-state index contributed by atoms with van der Waals surface area (Å²) in [4.78, 5) is 17.6. The molecule has 2 bridgehead atoms. The van der Waals surface area contributed by atoms with Gasteiger partial charge in [-0.3, -0.25) is 9.69 Å². The summed E-state index contributed by atoms with van der Waals surface area (Å²) >= 11 is 0. The maximum atomic E-state index is 12.7. The van der Waals surface area contributed by atoms with E-state index in [1.165, 1.54) is 64.5 Å². The van der Waals surface area contributed by atoms with E-state index in [9.17, 15) is 4.79 Å². The molecule has 3 atom stereocenters. The summed E-state index contributed by atoms with van der Waals surface area (Å²) in [5.74, 6) is 1.08. The van der Waals surface area contributed by atoms with Crippen LogP contribution in [-0.4, -0.2) is 60.0 Å². The number of nitrogens with zero attached hydrogens (tertiary/aromatic N) is 2. The minimum atomic E-state index is 0.440. The molecule has 4 saturated heterocycles. The van der Waals surface area contributed by atoms with Crippen molar-refractivity contribution in [3.63, 3.8) is 0 Å². The second-order valence-electron chi connectivity index (χ2n) is 8.06. The first kappa shape index (κ1) is 14.9. The Morgan fingerprint density at radius 1 is 0.955 bits per heavy atom. The molecule has 0 saturated carbocycles. The number of rotatable bonds is 3. The molecule has 0 aromatic rings. The summed E-state index contributed by atoms with van der Waals surface area (Å²) in [6.07, 6.45) is 11.1. The van der Waals surface area contributed by atoms with Crippen LogP contribution in [0.3, 0.4) is 0 Å². The number of carbonyl (C=O) groups excluding carboxylic acids is 1. The van der Waals surface area contributed by atoms with Gasteiger partial charge in [-0.15, -0.1) is 0 Å². The monoisotopic (exact) mass is 305 g/mol. The lowest BCUT2D eigenvalue weighted by atomic mass is 9.89. The van der Waals surface area contributed by atoms with Crippen LogP contribution in [0.1, 0.15) is 57.8 Å². The zero-order valence-electron chi connectivity index (χ0n) is 13.8. The van der Waals surface area contributed by atoms with E-state index in [0.717, 1.165) is 19.5 Å². The lowest BCUT2D eigenvalue weighted by Gasteiger charge is -2.38. The fourth-order valence-electron chi connectivity index (χ4n) is 5.30. The number of carbonyl (C=O) groups is 1. The lowest BCUT2D eigenvalue weighted by molar-refractivity contribution is -0.134. The molecule has 3 unspecified atom stereocenters. The third kappa shape index (κ3) is 3.18. The molecular weight excluding hydrogens is 274 g/mol. The molecule has 1 N–H and O–H groups in total. The van der Waals surface area contributed by atoms with E-state index < -0.39 is 0 Å². The summed E-state index contributed by atoms with van der Waals surface area (Å²) in [5, 5.41) is 3.69. The Balaban J connectivity index is 1.30. The zero-order chi connectivity index (χ0) is 14.9. The number of fused-ring (bicyclic) bond motifs is 2. The Labute approximate surface area is 134 Å². The van der Waals surface area contributed by atoms with Crippen molar-refractivity contribution in [3.8, 4) is 0 Å². The summed E-state index contributed by atoms with van der Waals surface area (Å²) in [5.41, 5.74) is 0. The number of hydrogen-bond donors (Lipinski definition) is 1. The van der Waals surface area contributed by atoms with Gasteiger partial charge in [-0.2, -0.15) is 0 Å². The highest BCUT2D eigenvalue weighted by atomic mass is 16.2. The maximum Gasteiger partial charge on any atom is 0.222 e. The normalized spacial score (nSPS) is 39.4. The van der Waals surface area contributed by atoms with E-state index in [-0.39, 0.29) is 0 Å². The minimum Gasteiger partial charge on any atom is -0.341 e. The maximum absolute atomic E-state index is 12.7. The van der Waals surface area contributed by atoms with Gasteiger partial charge in [0.25, 0.3) is 0 Å². The molecule has 4 rings (SSSR count). The molecule has 0 aromatic heterocycles. The topological polar surface area (TPSA) is 35.6 Å². The van der Waals surface area contributed by atoms with E-state index in [2.05, 4.69) is 15.1 Å². The summed E-state index contributed by atoms with van der Waals surface area (Å²) in [6.45, 7) is 4.51. The summed E-state index contributed by atoms with van der Waals surface area (Å²) < 4.78 is 0. The number of nitrogens with one attached hydrogen (secondary N) is 1. The van der Waals surface area contributed by atoms with E-state index in [4.69, 9.17) is 0 Å². The number of hydrogen-bond acceptors (Lipinski definition) is 3. The van der Waals surface area contributed by atoms with E-state index in [0.29, 0.717) is 30.0 Å². The second kappa shape index (κ2) is 6.48. The van der Waals surface area contributed by atoms with Crippen LogP contribution < -0.4 is 5.32 Å². The molecule has 0 aromatic carbocycles. The highest BCUT2D eigenvalue weighted by Crippen LogP contribution is 2.33. The largest absolute Gasteiger partial charge is 0.341 e. The first-order chi connectivity index (χ1) is 10.8. The smallest absolute Gasteiger partial charge is 0.222 e. The van der Waals surface area contributed by atoms with Gasteiger partial charge in [-0.25, -0.2) is 0 Å². The molecule has 4 nitrogen and oxygen atoms in total. The lowest BCUT2D eigenvalue weighted by Crippen LogP contribution is -2.49. The average Bonchev–Trinajstić information content (AvgIpc) is 3.17. The predicted octanol–water partition coefficient (Wildman–Crippen LogP) is 1.99. The number of piperidine rings is 2. The highest BCUT2D eigenvalue weighted by molar-refractivity contribution is 5.76. The van der Waals surface area contributed by atoms with Gasteiger partial charge in [0.15, 0.2) is 0 Å². The Morgan fingerprint density at radius 3 is 2.41 bits per heavy atom. The van der Waals surface area contributed by atoms with Gasteiger partial charge in [0, 0.05) is 37.6 Å². The molecule has 4 aliphatic rings. The fraction of sp³-hybridized carbons (Fsp3) is 0.944. The van der Waals surface area contributed by atoms with Crippen LogP contribution in [0, 0.1) is 5.92 Å². The van der Waals surface area contributed by atoms with Gasteiger partial charge in [0.05, 0.1) is 0 Å². The van der Waals surface area contributed by atoms with Crippen molar-refractivity contribution in [1.82, 2.24) is 15.1 Å². The first-order valence-electron chi connectivity index (χ1n) is 9.56. The van der Waals surface area contributed by atoms with Crippen LogP contribution in [0.5, 0.6) is 0 Å². The Kier molecular flexibility index (Phi) is 4.40. The Bertz CT molecular complexity index is 395. The van der Waals surface area contributed by atoms with Gasteiger partial charge < -0.3 is 10.2 Å². The van der Waals surface area contributed by atoms with E-state index in [1.54, 1.807) is 0 Å². The molecule has 1 amide bonds. The van der Waals surface area contributed by atoms with Crippen LogP contribution in [0.2, 0.25) is 0 Å². The highest BCUT2D eigenvalue weighted by Gasteiger charge is 2.36. The van der Waals surface area contributed by atoms with Crippen molar-refractivity contribution >= 4 is 5.91 Å². The van der Waals surface area contributed by atoms with Crippen LogP contribution in [0.4, 0.5) is 0 Å². The van der Waals surface area contributed by atoms with Crippen molar-refractivity contribution in [2.45, 2.75) is 75.9 Å². The van der Waals surface area contributed by atoms with Crippen LogP contribution in [-0.2, 0) is 4.79 Å². The molecule has 22 heavy (non-hydrogen) atoms. The van der Waals surface area contributed by atoms with Crippen molar-refractivity contribution in [2.24, 2.45) is 5.92 Å². The SMILES string of the molecule is O=C(CC1CC2CCC(C1)N2)N1CCCC(N2CCCC2)C1. The van der Waals surface area contributed by atoms with Crippen molar-refractivity contribution in [2.75, 3.05) is 26.2 Å². The molecule has 4 heterocycles. The molecular formula is C18H31N3O. The van der Waals surface area contributed by atoms with Gasteiger partial charge in [-0.1, -0.05) is 0 Å².